The number of aryl methyl sites for hydroxylation is 1. The monoisotopic (exact) mass is 383 g/mol. The molecule has 1 aliphatic heterocycles. The molecule has 0 fully saturated rings. The maximum atomic E-state index is 12.4. The molecule has 0 bridgehead atoms. The Kier molecular flexibility index (Phi) is 7.20. The van der Waals surface area contributed by atoms with Crippen molar-refractivity contribution in [2.75, 3.05) is 19.6 Å². The lowest BCUT2D eigenvalue weighted by Gasteiger charge is -2.21. The Balaban J connectivity index is 1.53. The second-order valence-corrected chi connectivity index (χ2v) is 8.18. The van der Waals surface area contributed by atoms with Gasteiger partial charge in [-0.25, -0.2) is 0 Å². The van der Waals surface area contributed by atoms with Crippen LogP contribution in [0.2, 0.25) is 0 Å². The van der Waals surface area contributed by atoms with E-state index in [0.717, 1.165) is 56.6 Å². The summed E-state index contributed by atoms with van der Waals surface area (Å²) >= 11 is 0. The number of benzene rings is 1. The van der Waals surface area contributed by atoms with Crippen molar-refractivity contribution < 1.29 is 4.79 Å². The summed E-state index contributed by atoms with van der Waals surface area (Å²) in [5, 5.41) is 11.9. The molecule has 0 unspecified atom stereocenters. The van der Waals surface area contributed by atoms with E-state index in [1.807, 2.05) is 25.1 Å². The lowest BCUT2D eigenvalue weighted by atomic mass is 10.1. The zero-order valence-corrected chi connectivity index (χ0v) is 17.4. The van der Waals surface area contributed by atoms with Gasteiger partial charge in [-0.3, -0.25) is 4.79 Å². The molecule has 0 radical (unpaired) electrons. The summed E-state index contributed by atoms with van der Waals surface area (Å²) < 4.78 is 2.21. The minimum absolute atomic E-state index is 0.0564. The number of hydrogen-bond acceptors (Lipinski definition) is 4. The smallest absolute Gasteiger partial charge is 0.220 e. The molecule has 1 aliphatic rings. The highest BCUT2D eigenvalue weighted by atomic mass is 16.1. The van der Waals surface area contributed by atoms with Crippen molar-refractivity contribution in [3.63, 3.8) is 0 Å². The average molecular weight is 384 g/mol. The van der Waals surface area contributed by atoms with E-state index in [1.54, 1.807) is 0 Å². The highest BCUT2D eigenvalue weighted by Crippen LogP contribution is 2.16. The summed E-state index contributed by atoms with van der Waals surface area (Å²) in [5.74, 6) is 2.69. The summed E-state index contributed by atoms with van der Waals surface area (Å²) in [5.41, 5.74) is 1.18. The maximum Gasteiger partial charge on any atom is 0.220 e. The van der Waals surface area contributed by atoms with Gasteiger partial charge < -0.3 is 14.8 Å². The predicted octanol–water partition coefficient (Wildman–Crippen LogP) is 2.99. The molecule has 6 heteroatoms. The second kappa shape index (κ2) is 9.82. The fourth-order valence-corrected chi connectivity index (χ4v) is 3.65. The second-order valence-electron chi connectivity index (χ2n) is 8.18. The molecule has 0 spiro atoms. The third kappa shape index (κ3) is 5.64. The Bertz CT molecular complexity index is 756. The molecule has 1 atom stereocenters. The van der Waals surface area contributed by atoms with Gasteiger partial charge in [-0.15, -0.1) is 10.2 Å². The zero-order chi connectivity index (χ0) is 19.9. The molecule has 1 N–H and O–H groups in total. The van der Waals surface area contributed by atoms with E-state index in [1.165, 1.54) is 12.0 Å². The van der Waals surface area contributed by atoms with Gasteiger partial charge in [0.2, 0.25) is 5.91 Å². The van der Waals surface area contributed by atoms with Gasteiger partial charge in [-0.05, 0) is 37.8 Å². The molecule has 0 saturated heterocycles. The number of nitrogens with zero attached hydrogens (tertiary/aromatic N) is 4. The molecular formula is C22H33N5O. The Morgan fingerprint density at radius 2 is 1.89 bits per heavy atom. The number of fused-ring (bicyclic) bond motifs is 1. The number of amides is 1. The number of carbonyl (C=O) groups excluding carboxylic acids is 1. The van der Waals surface area contributed by atoms with Crippen molar-refractivity contribution in [2.45, 2.75) is 59.0 Å². The topological polar surface area (TPSA) is 63.1 Å². The third-order valence-corrected chi connectivity index (χ3v) is 5.42. The molecular weight excluding hydrogens is 350 g/mol. The van der Waals surface area contributed by atoms with E-state index >= 15 is 0 Å². The molecule has 2 heterocycles. The van der Waals surface area contributed by atoms with Crippen LogP contribution < -0.4 is 5.32 Å². The summed E-state index contributed by atoms with van der Waals surface area (Å²) in [6.07, 6.45) is 3.38. The normalized spacial score (nSPS) is 15.9. The Hall–Kier alpha value is -2.21. The summed E-state index contributed by atoms with van der Waals surface area (Å²) in [6.45, 7) is 10.6. The van der Waals surface area contributed by atoms with Gasteiger partial charge in [-0.1, -0.05) is 44.2 Å². The van der Waals surface area contributed by atoms with Gasteiger partial charge in [0, 0.05) is 32.5 Å². The van der Waals surface area contributed by atoms with E-state index in [2.05, 4.69) is 51.0 Å². The van der Waals surface area contributed by atoms with Gasteiger partial charge >= 0.3 is 0 Å². The van der Waals surface area contributed by atoms with Gasteiger partial charge in [0.05, 0.1) is 6.04 Å². The Labute approximate surface area is 168 Å². The molecule has 0 saturated carbocycles. The first-order chi connectivity index (χ1) is 13.5. The predicted molar refractivity (Wildman–Crippen MR) is 111 cm³/mol. The Morgan fingerprint density at radius 3 is 2.64 bits per heavy atom. The molecule has 3 rings (SSSR count). The lowest BCUT2D eigenvalue weighted by molar-refractivity contribution is -0.121. The summed E-state index contributed by atoms with van der Waals surface area (Å²) in [4.78, 5) is 14.9. The van der Waals surface area contributed by atoms with E-state index in [4.69, 9.17) is 0 Å². The van der Waals surface area contributed by atoms with Crippen LogP contribution in [0.15, 0.2) is 30.3 Å². The zero-order valence-electron chi connectivity index (χ0n) is 17.4. The summed E-state index contributed by atoms with van der Waals surface area (Å²) in [7, 11) is 0. The van der Waals surface area contributed by atoms with Crippen LogP contribution in [0.5, 0.6) is 0 Å². The van der Waals surface area contributed by atoms with Crippen LogP contribution >= 0.6 is 0 Å². The summed E-state index contributed by atoms with van der Waals surface area (Å²) in [6, 6.07) is 9.98. The van der Waals surface area contributed by atoms with Crippen molar-refractivity contribution in [2.24, 2.45) is 5.92 Å². The van der Waals surface area contributed by atoms with Gasteiger partial charge in [0.15, 0.2) is 5.82 Å². The van der Waals surface area contributed by atoms with Crippen LogP contribution in [-0.4, -0.2) is 45.2 Å². The molecule has 152 valence electrons. The molecule has 2 aromatic rings. The highest BCUT2D eigenvalue weighted by molar-refractivity contribution is 5.76. The van der Waals surface area contributed by atoms with Crippen molar-refractivity contribution in [3.05, 3.63) is 47.5 Å². The van der Waals surface area contributed by atoms with E-state index in [-0.39, 0.29) is 11.9 Å². The van der Waals surface area contributed by atoms with Crippen LogP contribution in [0.1, 0.15) is 56.9 Å². The van der Waals surface area contributed by atoms with Crippen LogP contribution in [-0.2, 0) is 24.2 Å². The van der Waals surface area contributed by atoms with Gasteiger partial charge in [0.25, 0.3) is 0 Å². The average Bonchev–Trinajstić information content (AvgIpc) is 2.99. The first-order valence-electron chi connectivity index (χ1n) is 10.5. The first-order valence-corrected chi connectivity index (χ1v) is 10.5. The fraction of sp³-hybridized carbons (Fsp3) is 0.591. The van der Waals surface area contributed by atoms with E-state index < -0.39 is 0 Å². The molecule has 28 heavy (non-hydrogen) atoms. The van der Waals surface area contributed by atoms with Gasteiger partial charge in [0.1, 0.15) is 5.82 Å². The van der Waals surface area contributed by atoms with Crippen LogP contribution in [0.4, 0.5) is 0 Å². The number of rotatable bonds is 8. The Morgan fingerprint density at radius 1 is 1.11 bits per heavy atom. The standard InChI is InChI=1S/C22H33N5O/c1-17(2)11-13-26-14-12-20-24-25-22(27(20)16-15-26)18(3)23-21(28)10-9-19-7-5-4-6-8-19/h4-8,17-18H,9-16H2,1-3H3,(H,23,28)/t18-/m0/s1. The minimum atomic E-state index is -0.133. The minimum Gasteiger partial charge on any atom is -0.346 e. The van der Waals surface area contributed by atoms with Crippen LogP contribution in [0.25, 0.3) is 0 Å². The number of carbonyl (C=O) groups is 1. The molecule has 1 amide bonds. The fourth-order valence-electron chi connectivity index (χ4n) is 3.65. The third-order valence-electron chi connectivity index (χ3n) is 5.42. The van der Waals surface area contributed by atoms with Crippen molar-refractivity contribution in [1.29, 1.82) is 0 Å². The largest absolute Gasteiger partial charge is 0.346 e. The SMILES string of the molecule is CC(C)CCN1CCc2nnc([C@H](C)NC(=O)CCc3ccccc3)n2CC1. The van der Waals surface area contributed by atoms with Gasteiger partial charge in [-0.2, -0.15) is 0 Å². The van der Waals surface area contributed by atoms with Crippen LogP contribution in [0.3, 0.4) is 0 Å². The number of nitrogens with one attached hydrogen (secondary N) is 1. The molecule has 1 aromatic carbocycles. The van der Waals surface area contributed by atoms with Crippen molar-refractivity contribution in [3.8, 4) is 0 Å². The van der Waals surface area contributed by atoms with Crippen LogP contribution in [0, 0.1) is 5.92 Å². The lowest BCUT2D eigenvalue weighted by Crippen LogP contribution is -2.31. The number of hydrogen-bond donors (Lipinski definition) is 1. The number of aromatic nitrogens is 3. The molecule has 0 aliphatic carbocycles. The van der Waals surface area contributed by atoms with Crippen molar-refractivity contribution >= 4 is 5.91 Å². The molecule has 1 aromatic heterocycles. The van der Waals surface area contributed by atoms with Crippen molar-refractivity contribution in [1.82, 2.24) is 25.0 Å². The molecule has 6 nitrogen and oxygen atoms in total. The maximum absolute atomic E-state index is 12.4. The first kappa shape index (κ1) is 20.5. The highest BCUT2D eigenvalue weighted by Gasteiger charge is 2.22. The van der Waals surface area contributed by atoms with E-state index in [9.17, 15) is 4.79 Å². The quantitative estimate of drug-likeness (QED) is 0.761. The van der Waals surface area contributed by atoms with E-state index in [0.29, 0.717) is 6.42 Å².